The topological polar surface area (TPSA) is 49.8 Å². The predicted octanol–water partition coefficient (Wildman–Crippen LogP) is 2.76. The van der Waals surface area contributed by atoms with Gasteiger partial charge in [0, 0.05) is 19.1 Å². The molecule has 1 saturated heterocycles. The van der Waals surface area contributed by atoms with Crippen LogP contribution in [0.2, 0.25) is 0 Å². The predicted molar refractivity (Wildman–Crippen MR) is 68.8 cm³/mol. The van der Waals surface area contributed by atoms with Gasteiger partial charge in [0.15, 0.2) is 0 Å². The molecule has 1 aromatic rings. The SMILES string of the molecule is CC(c1cccc(OC(F)F)c1)N1CC(CC(=O)O)C1. The molecule has 6 heteroatoms. The van der Waals surface area contributed by atoms with Crippen molar-refractivity contribution in [2.45, 2.75) is 26.0 Å². The van der Waals surface area contributed by atoms with Gasteiger partial charge in [-0.25, -0.2) is 0 Å². The Bertz CT molecular complexity index is 475. The lowest BCUT2D eigenvalue weighted by atomic mass is 9.92. The van der Waals surface area contributed by atoms with Gasteiger partial charge in [-0.15, -0.1) is 0 Å². The minimum Gasteiger partial charge on any atom is -0.481 e. The zero-order chi connectivity index (χ0) is 14.7. The van der Waals surface area contributed by atoms with Gasteiger partial charge in [0.1, 0.15) is 5.75 Å². The highest BCUT2D eigenvalue weighted by molar-refractivity contribution is 5.67. The van der Waals surface area contributed by atoms with E-state index in [-0.39, 0.29) is 24.1 Å². The van der Waals surface area contributed by atoms with Gasteiger partial charge in [-0.3, -0.25) is 9.69 Å². The summed E-state index contributed by atoms with van der Waals surface area (Å²) in [5.41, 5.74) is 0.886. The second-order valence-corrected chi connectivity index (χ2v) is 5.04. The van der Waals surface area contributed by atoms with E-state index < -0.39 is 12.6 Å². The van der Waals surface area contributed by atoms with Crippen LogP contribution in [0, 0.1) is 5.92 Å². The molecule has 1 N–H and O–H groups in total. The number of nitrogens with zero attached hydrogens (tertiary/aromatic N) is 1. The van der Waals surface area contributed by atoms with E-state index >= 15 is 0 Å². The fourth-order valence-corrected chi connectivity index (χ4v) is 2.46. The molecule has 0 saturated carbocycles. The summed E-state index contributed by atoms with van der Waals surface area (Å²) in [7, 11) is 0. The first-order valence-corrected chi connectivity index (χ1v) is 6.46. The van der Waals surface area contributed by atoms with Crippen molar-refractivity contribution < 1.29 is 23.4 Å². The van der Waals surface area contributed by atoms with Crippen LogP contribution in [0.25, 0.3) is 0 Å². The van der Waals surface area contributed by atoms with Crippen molar-refractivity contribution in [2.24, 2.45) is 5.92 Å². The first kappa shape index (κ1) is 14.7. The van der Waals surface area contributed by atoms with E-state index in [2.05, 4.69) is 9.64 Å². The number of hydrogen-bond acceptors (Lipinski definition) is 3. The van der Waals surface area contributed by atoms with Gasteiger partial charge in [-0.05, 0) is 30.5 Å². The number of benzene rings is 1. The van der Waals surface area contributed by atoms with Gasteiger partial charge < -0.3 is 9.84 Å². The average Bonchev–Trinajstić information content (AvgIpc) is 2.31. The summed E-state index contributed by atoms with van der Waals surface area (Å²) in [5.74, 6) is -0.461. The lowest BCUT2D eigenvalue weighted by Gasteiger charge is -2.43. The molecule has 1 aliphatic rings. The van der Waals surface area contributed by atoms with Crippen molar-refractivity contribution in [1.82, 2.24) is 4.90 Å². The normalized spacial score (nSPS) is 17.8. The highest BCUT2D eigenvalue weighted by Crippen LogP contribution is 2.31. The van der Waals surface area contributed by atoms with Crippen LogP contribution in [0.4, 0.5) is 8.78 Å². The third kappa shape index (κ3) is 3.66. The molecule has 1 unspecified atom stereocenters. The van der Waals surface area contributed by atoms with Crippen molar-refractivity contribution in [3.8, 4) is 5.75 Å². The number of alkyl halides is 2. The molecule has 0 radical (unpaired) electrons. The van der Waals surface area contributed by atoms with Crippen molar-refractivity contribution in [2.75, 3.05) is 13.1 Å². The molecule has 1 aliphatic heterocycles. The van der Waals surface area contributed by atoms with Crippen molar-refractivity contribution >= 4 is 5.97 Å². The molecule has 20 heavy (non-hydrogen) atoms. The summed E-state index contributed by atoms with van der Waals surface area (Å²) in [5, 5.41) is 8.71. The Kier molecular flexibility index (Phi) is 4.54. The minimum absolute atomic E-state index is 0.0567. The monoisotopic (exact) mass is 285 g/mol. The van der Waals surface area contributed by atoms with E-state index in [1.54, 1.807) is 12.1 Å². The Morgan fingerprint density at radius 1 is 1.50 bits per heavy atom. The number of rotatable bonds is 6. The Morgan fingerprint density at radius 2 is 2.20 bits per heavy atom. The third-order valence-corrected chi connectivity index (χ3v) is 3.56. The standard InChI is InChI=1S/C14H17F2NO3/c1-9(17-7-10(8-17)5-13(18)19)11-3-2-4-12(6-11)20-14(15)16/h2-4,6,9-10,14H,5,7-8H2,1H3,(H,18,19). The molecule has 1 fully saturated rings. The summed E-state index contributed by atoms with van der Waals surface area (Å²) < 4.78 is 28.7. The van der Waals surface area contributed by atoms with Crippen LogP contribution >= 0.6 is 0 Å². The van der Waals surface area contributed by atoms with Gasteiger partial charge in [0.2, 0.25) is 0 Å². The molecule has 0 amide bonds. The second-order valence-electron chi connectivity index (χ2n) is 5.04. The van der Waals surface area contributed by atoms with Gasteiger partial charge in [0.05, 0.1) is 6.42 Å². The lowest BCUT2D eigenvalue weighted by molar-refractivity contribution is -0.139. The van der Waals surface area contributed by atoms with Crippen LogP contribution in [-0.2, 0) is 4.79 Å². The molecule has 1 atom stereocenters. The van der Waals surface area contributed by atoms with Crippen molar-refractivity contribution in [1.29, 1.82) is 0 Å². The number of carbonyl (C=O) groups is 1. The quantitative estimate of drug-likeness (QED) is 0.873. The zero-order valence-electron chi connectivity index (χ0n) is 11.1. The summed E-state index contributed by atoms with van der Waals surface area (Å²) in [6.45, 7) is 0.573. The van der Waals surface area contributed by atoms with E-state index in [0.717, 1.165) is 5.56 Å². The van der Waals surface area contributed by atoms with Crippen LogP contribution < -0.4 is 4.74 Å². The van der Waals surface area contributed by atoms with Crippen LogP contribution in [-0.4, -0.2) is 35.7 Å². The fourth-order valence-electron chi connectivity index (χ4n) is 2.46. The third-order valence-electron chi connectivity index (χ3n) is 3.56. The molecular weight excluding hydrogens is 268 g/mol. The van der Waals surface area contributed by atoms with Gasteiger partial charge in [0.25, 0.3) is 0 Å². The number of halogens is 2. The zero-order valence-corrected chi connectivity index (χ0v) is 11.1. The van der Waals surface area contributed by atoms with Crippen LogP contribution in [0.5, 0.6) is 5.75 Å². The fraction of sp³-hybridized carbons (Fsp3) is 0.500. The van der Waals surface area contributed by atoms with Crippen LogP contribution in [0.15, 0.2) is 24.3 Å². The summed E-state index contributed by atoms with van der Waals surface area (Å²) in [6.07, 6.45) is 0.178. The number of likely N-dealkylation sites (tertiary alicyclic amines) is 1. The molecule has 1 heterocycles. The Hall–Kier alpha value is -1.69. The molecule has 110 valence electrons. The van der Waals surface area contributed by atoms with Gasteiger partial charge in [-0.2, -0.15) is 8.78 Å². The van der Waals surface area contributed by atoms with Crippen LogP contribution in [0.3, 0.4) is 0 Å². The van der Waals surface area contributed by atoms with E-state index in [1.165, 1.54) is 6.07 Å². The molecule has 0 aromatic heterocycles. The number of carboxylic acid groups (broad SMARTS) is 1. The molecule has 0 bridgehead atoms. The molecule has 2 rings (SSSR count). The smallest absolute Gasteiger partial charge is 0.387 e. The largest absolute Gasteiger partial charge is 0.481 e. The van der Waals surface area contributed by atoms with E-state index in [0.29, 0.717) is 13.1 Å². The molecule has 0 aliphatic carbocycles. The Labute approximate surface area is 116 Å². The Balaban J connectivity index is 1.93. The van der Waals surface area contributed by atoms with E-state index in [9.17, 15) is 13.6 Å². The van der Waals surface area contributed by atoms with Gasteiger partial charge in [-0.1, -0.05) is 12.1 Å². The minimum atomic E-state index is -2.83. The first-order valence-electron chi connectivity index (χ1n) is 6.46. The molecule has 1 aromatic carbocycles. The van der Waals surface area contributed by atoms with E-state index in [4.69, 9.17) is 5.11 Å². The highest BCUT2D eigenvalue weighted by atomic mass is 19.3. The van der Waals surface area contributed by atoms with Crippen molar-refractivity contribution in [3.63, 3.8) is 0 Å². The number of hydrogen-bond donors (Lipinski definition) is 1. The maximum absolute atomic E-state index is 12.2. The van der Waals surface area contributed by atoms with Gasteiger partial charge >= 0.3 is 12.6 Å². The second kappa shape index (κ2) is 6.17. The van der Waals surface area contributed by atoms with E-state index in [1.807, 2.05) is 13.0 Å². The number of aliphatic carboxylic acids is 1. The van der Waals surface area contributed by atoms with Crippen LogP contribution in [0.1, 0.15) is 24.9 Å². The summed E-state index contributed by atoms with van der Waals surface area (Å²) >= 11 is 0. The summed E-state index contributed by atoms with van der Waals surface area (Å²) in [4.78, 5) is 12.7. The number of carboxylic acids is 1. The molecule has 0 spiro atoms. The molecule has 4 nitrogen and oxygen atoms in total. The maximum atomic E-state index is 12.2. The molecular formula is C14H17F2NO3. The lowest BCUT2D eigenvalue weighted by Crippen LogP contribution is -2.48. The average molecular weight is 285 g/mol. The number of ether oxygens (including phenoxy) is 1. The Morgan fingerprint density at radius 3 is 2.80 bits per heavy atom. The highest BCUT2D eigenvalue weighted by Gasteiger charge is 2.32. The maximum Gasteiger partial charge on any atom is 0.387 e. The van der Waals surface area contributed by atoms with Crippen molar-refractivity contribution in [3.05, 3.63) is 29.8 Å². The summed E-state index contributed by atoms with van der Waals surface area (Å²) in [6, 6.07) is 6.68. The first-order chi connectivity index (χ1) is 9.45.